The molecule has 1 aliphatic rings. The fraction of sp³-hybridized carbons (Fsp3) is 0.250. The summed E-state index contributed by atoms with van der Waals surface area (Å²) < 4.78 is 6.40. The lowest BCUT2D eigenvalue weighted by molar-refractivity contribution is -0.144. The second kappa shape index (κ2) is 12.0. The van der Waals surface area contributed by atoms with Crippen molar-refractivity contribution in [2.75, 3.05) is 26.2 Å². The molecule has 0 atom stereocenters. The van der Waals surface area contributed by atoms with Crippen molar-refractivity contribution in [2.24, 2.45) is 0 Å². The highest BCUT2D eigenvalue weighted by atomic mass is 16.5. The molecule has 200 valence electrons. The smallest absolute Gasteiger partial charge is 0.407 e. The van der Waals surface area contributed by atoms with Gasteiger partial charge in [0, 0.05) is 25.2 Å². The Hall–Kier alpha value is -5.11. The summed E-state index contributed by atoms with van der Waals surface area (Å²) in [6, 6.07) is 15.9. The van der Waals surface area contributed by atoms with Crippen LogP contribution < -0.4 is 16.6 Å². The van der Waals surface area contributed by atoms with Gasteiger partial charge in [0.15, 0.2) is 0 Å². The summed E-state index contributed by atoms with van der Waals surface area (Å²) in [7, 11) is 0. The fourth-order valence-electron chi connectivity index (χ4n) is 4.49. The Morgan fingerprint density at radius 1 is 1.08 bits per heavy atom. The molecule has 1 aliphatic carbocycles. The lowest BCUT2D eigenvalue weighted by atomic mass is 9.98. The van der Waals surface area contributed by atoms with E-state index in [4.69, 9.17) is 4.74 Å². The number of aliphatic carboxylic acids is 1. The molecule has 0 radical (unpaired) electrons. The number of amides is 2. The quantitative estimate of drug-likeness (QED) is 0.354. The van der Waals surface area contributed by atoms with Crippen LogP contribution in [0.2, 0.25) is 0 Å². The Balaban J connectivity index is 1.35. The number of aromatic amines is 1. The molecule has 11 nitrogen and oxygen atoms in total. The molecule has 0 unspecified atom stereocenters. The van der Waals surface area contributed by atoms with Gasteiger partial charge in [-0.25, -0.2) is 9.59 Å². The van der Waals surface area contributed by atoms with E-state index < -0.39 is 42.3 Å². The summed E-state index contributed by atoms with van der Waals surface area (Å²) in [6.07, 6.45) is 0.433. The van der Waals surface area contributed by atoms with Gasteiger partial charge in [0.25, 0.3) is 5.56 Å². The third-order valence-electron chi connectivity index (χ3n) is 6.25. The summed E-state index contributed by atoms with van der Waals surface area (Å²) in [4.78, 5) is 63.5. The zero-order chi connectivity index (χ0) is 27.9. The van der Waals surface area contributed by atoms with Gasteiger partial charge < -0.3 is 20.1 Å². The Labute approximate surface area is 223 Å². The summed E-state index contributed by atoms with van der Waals surface area (Å²) in [5, 5.41) is 11.8. The van der Waals surface area contributed by atoms with E-state index >= 15 is 0 Å². The molecular weight excluding hydrogens is 504 g/mol. The lowest BCUT2D eigenvalue weighted by Gasteiger charge is -2.21. The first-order chi connectivity index (χ1) is 18.8. The number of ether oxygens (including phenoxy) is 1. The molecule has 0 spiro atoms. The highest BCUT2D eigenvalue weighted by molar-refractivity contribution is 5.81. The van der Waals surface area contributed by atoms with Crippen LogP contribution in [0.4, 0.5) is 4.79 Å². The maximum absolute atomic E-state index is 12.8. The van der Waals surface area contributed by atoms with Gasteiger partial charge >= 0.3 is 17.8 Å². The molecule has 2 aromatic carbocycles. The van der Waals surface area contributed by atoms with Crippen LogP contribution in [0.15, 0.2) is 64.3 Å². The van der Waals surface area contributed by atoms with Crippen LogP contribution >= 0.6 is 0 Å². The maximum atomic E-state index is 12.8. The van der Waals surface area contributed by atoms with Crippen LogP contribution in [0.1, 0.15) is 29.5 Å². The molecular formula is C28H26N4O7. The second-order valence-corrected chi connectivity index (χ2v) is 8.77. The molecule has 39 heavy (non-hydrogen) atoms. The topological polar surface area (TPSA) is 151 Å². The number of alkyl carbamates (subject to hydrolysis) is 1. The molecule has 0 fully saturated rings. The number of fused-ring (bicyclic) bond motifs is 3. The van der Waals surface area contributed by atoms with Crippen molar-refractivity contribution in [3.8, 4) is 23.0 Å². The third-order valence-corrected chi connectivity index (χ3v) is 6.25. The predicted octanol–water partition coefficient (Wildman–Crippen LogP) is 1.36. The first kappa shape index (κ1) is 26.9. The van der Waals surface area contributed by atoms with E-state index in [0.717, 1.165) is 37.9 Å². The zero-order valence-corrected chi connectivity index (χ0v) is 21.1. The minimum absolute atomic E-state index is 0.00777. The number of benzene rings is 2. The molecule has 0 saturated heterocycles. The first-order valence-corrected chi connectivity index (χ1v) is 12.1. The third kappa shape index (κ3) is 6.24. The van der Waals surface area contributed by atoms with Crippen molar-refractivity contribution in [2.45, 2.75) is 19.4 Å². The van der Waals surface area contributed by atoms with E-state index in [1.54, 1.807) is 0 Å². The molecule has 11 heteroatoms. The monoisotopic (exact) mass is 530 g/mol. The average molecular weight is 531 g/mol. The fourth-order valence-corrected chi connectivity index (χ4v) is 4.49. The summed E-state index contributed by atoms with van der Waals surface area (Å²) in [6.45, 7) is 0.225. The molecule has 0 bridgehead atoms. The summed E-state index contributed by atoms with van der Waals surface area (Å²) >= 11 is 0. The standard InChI is InChI=1S/C28H26N4O7/c1-2-7-18-14-32(27(37)30-26(18)36)15-24(33)31(16-25(34)35)13-12-29-28(38)39-17-23-21-10-5-3-8-19(21)20-9-4-6-11-22(20)23/h3-6,8-11,14,23H,12-13,15-17H2,1H3,(H,29,38)(H,34,35)(H,30,36,37). The molecule has 1 heterocycles. The number of hydrogen-bond donors (Lipinski definition) is 3. The maximum Gasteiger partial charge on any atom is 0.407 e. The number of nitrogens with zero attached hydrogens (tertiary/aromatic N) is 2. The molecule has 4 rings (SSSR count). The largest absolute Gasteiger partial charge is 0.480 e. The van der Waals surface area contributed by atoms with Crippen molar-refractivity contribution in [3.63, 3.8) is 0 Å². The molecule has 1 aromatic heterocycles. The summed E-state index contributed by atoms with van der Waals surface area (Å²) in [5.41, 5.74) is 2.80. The van der Waals surface area contributed by atoms with Crippen LogP contribution in [0.25, 0.3) is 11.1 Å². The van der Waals surface area contributed by atoms with Crippen LogP contribution in [0.5, 0.6) is 0 Å². The van der Waals surface area contributed by atoms with Crippen molar-refractivity contribution >= 4 is 18.0 Å². The van der Waals surface area contributed by atoms with Crippen LogP contribution in [0.3, 0.4) is 0 Å². The minimum atomic E-state index is -1.27. The number of nitrogens with one attached hydrogen (secondary N) is 2. The number of hydrogen-bond acceptors (Lipinski definition) is 6. The highest BCUT2D eigenvalue weighted by Crippen LogP contribution is 2.44. The van der Waals surface area contributed by atoms with E-state index in [9.17, 15) is 29.1 Å². The summed E-state index contributed by atoms with van der Waals surface area (Å²) in [5.74, 6) is 2.99. The van der Waals surface area contributed by atoms with E-state index in [1.807, 2.05) is 48.5 Å². The Kier molecular flexibility index (Phi) is 8.26. The molecule has 0 saturated carbocycles. The number of rotatable bonds is 9. The van der Waals surface area contributed by atoms with E-state index in [-0.39, 0.29) is 31.2 Å². The van der Waals surface area contributed by atoms with E-state index in [0.29, 0.717) is 0 Å². The molecule has 2 amide bonds. The first-order valence-electron chi connectivity index (χ1n) is 12.1. The van der Waals surface area contributed by atoms with Gasteiger partial charge in [0.1, 0.15) is 25.3 Å². The molecule has 3 aromatic rings. The highest BCUT2D eigenvalue weighted by Gasteiger charge is 2.29. The van der Waals surface area contributed by atoms with Crippen molar-refractivity contribution in [1.29, 1.82) is 0 Å². The van der Waals surface area contributed by atoms with E-state index in [2.05, 4.69) is 22.1 Å². The van der Waals surface area contributed by atoms with Gasteiger partial charge in [-0.1, -0.05) is 54.5 Å². The number of aromatic nitrogens is 2. The lowest BCUT2D eigenvalue weighted by Crippen LogP contribution is -2.44. The zero-order valence-electron chi connectivity index (χ0n) is 21.1. The molecule has 0 aliphatic heterocycles. The van der Waals surface area contributed by atoms with Gasteiger partial charge in [-0.2, -0.15) is 0 Å². The van der Waals surface area contributed by atoms with E-state index in [1.165, 1.54) is 6.92 Å². The predicted molar refractivity (Wildman–Crippen MR) is 141 cm³/mol. The molecule has 3 N–H and O–H groups in total. The van der Waals surface area contributed by atoms with Crippen LogP contribution in [0, 0.1) is 11.8 Å². The average Bonchev–Trinajstić information content (AvgIpc) is 3.23. The second-order valence-electron chi connectivity index (χ2n) is 8.77. The Bertz CT molecular complexity index is 1550. The van der Waals surface area contributed by atoms with Crippen LogP contribution in [-0.2, 0) is 20.9 Å². The van der Waals surface area contributed by atoms with Gasteiger partial charge in [0.2, 0.25) is 5.91 Å². The number of carbonyl (C=O) groups excluding carboxylic acids is 2. The minimum Gasteiger partial charge on any atom is -0.480 e. The van der Waals surface area contributed by atoms with Crippen molar-refractivity contribution in [1.82, 2.24) is 19.8 Å². The van der Waals surface area contributed by atoms with Gasteiger partial charge in [0.05, 0.1) is 0 Å². The van der Waals surface area contributed by atoms with Crippen molar-refractivity contribution < 1.29 is 24.2 Å². The number of carboxylic acid groups (broad SMARTS) is 1. The van der Waals surface area contributed by atoms with Crippen LogP contribution in [-0.4, -0.2) is 63.8 Å². The SMILES string of the molecule is CC#Cc1cn(CC(=O)N(CCNC(=O)OCC2c3ccccc3-c3ccccc32)CC(=O)O)c(=O)[nH]c1=O. The number of carbonyl (C=O) groups is 3. The number of carboxylic acids is 1. The van der Waals surface area contributed by atoms with Gasteiger partial charge in [-0.15, -0.1) is 5.92 Å². The van der Waals surface area contributed by atoms with Gasteiger partial charge in [-0.05, 0) is 29.2 Å². The van der Waals surface area contributed by atoms with Gasteiger partial charge in [-0.3, -0.25) is 23.9 Å². The number of H-pyrrole nitrogens is 1. The van der Waals surface area contributed by atoms with Crippen molar-refractivity contribution in [3.05, 3.63) is 92.3 Å². The normalized spacial score (nSPS) is 11.5. The Morgan fingerprint density at radius 2 is 1.72 bits per heavy atom. The Morgan fingerprint density at radius 3 is 2.33 bits per heavy atom.